The molecule has 2 rings (SSSR count). The number of carbonyl (C=O) groups is 1. The summed E-state index contributed by atoms with van der Waals surface area (Å²) in [6.07, 6.45) is 0.933. The predicted molar refractivity (Wildman–Crippen MR) is 82.6 cm³/mol. The fourth-order valence-electron chi connectivity index (χ4n) is 2.01. The number of halogens is 1. The summed E-state index contributed by atoms with van der Waals surface area (Å²) in [6.45, 7) is 2.07. The van der Waals surface area contributed by atoms with Gasteiger partial charge in [-0.2, -0.15) is 5.26 Å². The van der Waals surface area contributed by atoms with E-state index >= 15 is 0 Å². The van der Waals surface area contributed by atoms with Gasteiger partial charge >= 0.3 is 0 Å². The summed E-state index contributed by atoms with van der Waals surface area (Å²) >= 11 is 3.35. The quantitative estimate of drug-likeness (QED) is 0.775. The Balaban J connectivity index is 2.29. The second kappa shape index (κ2) is 6.49. The summed E-state index contributed by atoms with van der Waals surface area (Å²) in [5.74, 6) is -0.909. The molecular weight excluding hydrogens is 314 g/mol. The monoisotopic (exact) mass is 327 g/mol. The highest BCUT2D eigenvalue weighted by molar-refractivity contribution is 9.10. The third-order valence-electron chi connectivity index (χ3n) is 3.24. The van der Waals surface area contributed by atoms with Crippen LogP contribution in [0.4, 0.5) is 0 Å². The van der Waals surface area contributed by atoms with Crippen molar-refractivity contribution in [3.8, 4) is 6.07 Å². The van der Waals surface area contributed by atoms with E-state index in [4.69, 9.17) is 0 Å². The minimum atomic E-state index is -0.754. The van der Waals surface area contributed by atoms with Gasteiger partial charge in [0.05, 0.1) is 6.07 Å². The lowest BCUT2D eigenvalue weighted by atomic mass is 9.91. The largest absolute Gasteiger partial charge is 0.292 e. The highest BCUT2D eigenvalue weighted by atomic mass is 79.9. The van der Waals surface area contributed by atoms with E-state index in [0.29, 0.717) is 5.56 Å². The van der Waals surface area contributed by atoms with Crippen LogP contribution in [0.5, 0.6) is 0 Å². The molecule has 0 aliphatic rings. The van der Waals surface area contributed by atoms with Gasteiger partial charge in [0.1, 0.15) is 5.92 Å². The number of rotatable bonds is 4. The normalized spacial score (nSPS) is 11.7. The molecule has 2 aromatic rings. The minimum absolute atomic E-state index is 0.155. The van der Waals surface area contributed by atoms with Gasteiger partial charge in [0.15, 0.2) is 5.78 Å². The maximum absolute atomic E-state index is 12.4. The maximum Gasteiger partial charge on any atom is 0.184 e. The molecule has 0 saturated carbocycles. The highest BCUT2D eigenvalue weighted by Crippen LogP contribution is 2.22. The zero-order valence-corrected chi connectivity index (χ0v) is 12.7. The van der Waals surface area contributed by atoms with Crippen LogP contribution in [0.15, 0.2) is 53.0 Å². The molecule has 0 bridgehead atoms. The SMILES string of the molecule is CCc1ccc(C(=O)C(C#N)c2ccc(Br)cc2)cc1. The first-order valence-corrected chi connectivity index (χ1v) is 7.23. The molecule has 0 spiro atoms. The third-order valence-corrected chi connectivity index (χ3v) is 3.77. The number of benzene rings is 2. The van der Waals surface area contributed by atoms with Crippen molar-refractivity contribution in [2.45, 2.75) is 19.3 Å². The zero-order chi connectivity index (χ0) is 14.5. The molecule has 0 N–H and O–H groups in total. The van der Waals surface area contributed by atoms with Gasteiger partial charge in [0.25, 0.3) is 0 Å². The van der Waals surface area contributed by atoms with E-state index in [1.165, 1.54) is 5.56 Å². The Morgan fingerprint density at radius 2 is 1.75 bits per heavy atom. The van der Waals surface area contributed by atoms with E-state index in [1.807, 2.05) is 24.3 Å². The smallest absolute Gasteiger partial charge is 0.184 e. The molecule has 0 aromatic heterocycles. The van der Waals surface area contributed by atoms with E-state index in [2.05, 4.69) is 28.9 Å². The maximum atomic E-state index is 12.4. The van der Waals surface area contributed by atoms with Crippen molar-refractivity contribution in [2.75, 3.05) is 0 Å². The van der Waals surface area contributed by atoms with Crippen molar-refractivity contribution in [3.63, 3.8) is 0 Å². The van der Waals surface area contributed by atoms with Crippen LogP contribution in [0.25, 0.3) is 0 Å². The minimum Gasteiger partial charge on any atom is -0.292 e. The Labute approximate surface area is 127 Å². The van der Waals surface area contributed by atoms with Crippen LogP contribution < -0.4 is 0 Å². The summed E-state index contributed by atoms with van der Waals surface area (Å²) in [7, 11) is 0. The fraction of sp³-hybridized carbons (Fsp3) is 0.176. The molecule has 1 atom stereocenters. The number of Topliss-reactive ketones (excluding diaryl/α,β-unsaturated/α-hetero) is 1. The summed E-state index contributed by atoms with van der Waals surface area (Å²) in [5, 5.41) is 9.30. The molecule has 0 heterocycles. The number of nitriles is 1. The van der Waals surface area contributed by atoms with Gasteiger partial charge in [-0.05, 0) is 29.7 Å². The van der Waals surface area contributed by atoms with Crippen LogP contribution in [0.2, 0.25) is 0 Å². The number of aryl methyl sites for hydroxylation is 1. The van der Waals surface area contributed by atoms with E-state index in [-0.39, 0.29) is 5.78 Å². The van der Waals surface area contributed by atoms with Crippen LogP contribution >= 0.6 is 15.9 Å². The second-order valence-corrected chi connectivity index (χ2v) is 5.44. The number of carbonyl (C=O) groups excluding carboxylic acids is 1. The first kappa shape index (κ1) is 14.5. The van der Waals surface area contributed by atoms with Crippen molar-refractivity contribution >= 4 is 21.7 Å². The van der Waals surface area contributed by atoms with Crippen LogP contribution in [0.1, 0.15) is 34.3 Å². The van der Waals surface area contributed by atoms with E-state index in [1.54, 1.807) is 24.3 Å². The number of ketones is 1. The molecular formula is C17H14BrNO. The molecule has 3 heteroatoms. The Bertz CT molecular complexity index is 638. The summed E-state index contributed by atoms with van der Waals surface area (Å²) in [4.78, 5) is 12.4. The van der Waals surface area contributed by atoms with Gasteiger partial charge in [0.2, 0.25) is 0 Å². The molecule has 0 aliphatic carbocycles. The number of hydrogen-bond acceptors (Lipinski definition) is 2. The third kappa shape index (κ3) is 3.15. The molecule has 0 saturated heterocycles. The zero-order valence-electron chi connectivity index (χ0n) is 11.1. The Kier molecular flexibility index (Phi) is 4.70. The molecule has 2 aromatic carbocycles. The van der Waals surface area contributed by atoms with Gasteiger partial charge in [-0.1, -0.05) is 59.3 Å². The average molecular weight is 328 g/mol. The van der Waals surface area contributed by atoms with E-state index in [0.717, 1.165) is 16.5 Å². The fourth-order valence-corrected chi connectivity index (χ4v) is 2.28. The van der Waals surface area contributed by atoms with Gasteiger partial charge in [-0.3, -0.25) is 4.79 Å². The van der Waals surface area contributed by atoms with Crippen LogP contribution in [0, 0.1) is 11.3 Å². The lowest BCUT2D eigenvalue weighted by molar-refractivity contribution is 0.0979. The van der Waals surface area contributed by atoms with Gasteiger partial charge in [-0.25, -0.2) is 0 Å². The van der Waals surface area contributed by atoms with Crippen LogP contribution in [-0.4, -0.2) is 5.78 Å². The topological polar surface area (TPSA) is 40.9 Å². The molecule has 100 valence electrons. The summed E-state index contributed by atoms with van der Waals surface area (Å²) in [6, 6.07) is 16.8. The number of nitrogens with zero attached hydrogens (tertiary/aromatic N) is 1. The molecule has 2 nitrogen and oxygen atoms in total. The van der Waals surface area contributed by atoms with Crippen molar-refractivity contribution < 1.29 is 4.79 Å². The van der Waals surface area contributed by atoms with Crippen molar-refractivity contribution in [2.24, 2.45) is 0 Å². The lowest BCUT2D eigenvalue weighted by Gasteiger charge is -2.09. The molecule has 0 fully saturated rings. The highest BCUT2D eigenvalue weighted by Gasteiger charge is 2.21. The molecule has 20 heavy (non-hydrogen) atoms. The Morgan fingerprint density at radius 1 is 1.15 bits per heavy atom. The average Bonchev–Trinajstić information content (AvgIpc) is 2.50. The van der Waals surface area contributed by atoms with Gasteiger partial charge in [-0.15, -0.1) is 0 Å². The van der Waals surface area contributed by atoms with Gasteiger partial charge in [0, 0.05) is 10.0 Å². The predicted octanol–water partition coefficient (Wildman–Crippen LogP) is 4.50. The second-order valence-electron chi connectivity index (χ2n) is 4.53. The standard InChI is InChI=1S/C17H14BrNO/c1-2-12-3-5-14(6-4-12)17(20)16(11-19)13-7-9-15(18)10-8-13/h3-10,16H,2H2,1H3. The van der Waals surface area contributed by atoms with Crippen molar-refractivity contribution in [1.82, 2.24) is 0 Å². The van der Waals surface area contributed by atoms with E-state index < -0.39 is 5.92 Å². The van der Waals surface area contributed by atoms with Gasteiger partial charge < -0.3 is 0 Å². The lowest BCUT2D eigenvalue weighted by Crippen LogP contribution is -2.11. The molecule has 1 unspecified atom stereocenters. The first-order chi connectivity index (χ1) is 9.65. The number of hydrogen-bond donors (Lipinski definition) is 0. The molecule has 0 radical (unpaired) electrons. The van der Waals surface area contributed by atoms with E-state index in [9.17, 15) is 10.1 Å². The van der Waals surface area contributed by atoms with Crippen molar-refractivity contribution in [3.05, 3.63) is 69.7 Å². The Hall–Kier alpha value is -1.92. The molecule has 0 amide bonds. The summed E-state index contributed by atoms with van der Waals surface area (Å²) in [5.41, 5.74) is 2.48. The summed E-state index contributed by atoms with van der Waals surface area (Å²) < 4.78 is 0.928. The molecule has 0 aliphatic heterocycles. The first-order valence-electron chi connectivity index (χ1n) is 6.44. The van der Waals surface area contributed by atoms with Crippen LogP contribution in [0.3, 0.4) is 0 Å². The van der Waals surface area contributed by atoms with Crippen molar-refractivity contribution in [1.29, 1.82) is 5.26 Å². The Morgan fingerprint density at radius 3 is 2.25 bits per heavy atom. The van der Waals surface area contributed by atoms with Crippen LogP contribution in [-0.2, 0) is 6.42 Å².